The van der Waals surface area contributed by atoms with E-state index in [9.17, 15) is 0 Å². The smallest absolute Gasteiger partial charge is 0.142 e. The zero-order chi connectivity index (χ0) is 19.6. The van der Waals surface area contributed by atoms with E-state index in [2.05, 4.69) is 47.8 Å². The third kappa shape index (κ3) is 6.34. The Morgan fingerprint density at radius 1 is 0.821 bits per heavy atom. The van der Waals surface area contributed by atoms with Crippen molar-refractivity contribution in [1.82, 2.24) is 0 Å². The second kappa shape index (κ2) is 10.4. The van der Waals surface area contributed by atoms with E-state index in [1.807, 2.05) is 50.2 Å². The zero-order valence-corrected chi connectivity index (χ0v) is 16.7. The monoisotopic (exact) mass is 375 g/mol. The van der Waals surface area contributed by atoms with Gasteiger partial charge in [0.15, 0.2) is 0 Å². The van der Waals surface area contributed by atoms with Crippen LogP contribution in [0, 0.1) is 0 Å². The molecule has 0 atom stereocenters. The van der Waals surface area contributed by atoms with Crippen molar-refractivity contribution < 1.29 is 9.47 Å². The lowest BCUT2D eigenvalue weighted by atomic mass is 10.1. The number of ether oxygens (including phenoxy) is 2. The molecule has 0 radical (unpaired) electrons. The molecule has 0 aliphatic heterocycles. The number of rotatable bonds is 10. The molecule has 3 nitrogen and oxygen atoms in total. The third-order valence-corrected chi connectivity index (χ3v) is 4.35. The quantitative estimate of drug-likeness (QED) is 0.435. The molecule has 0 aromatic heterocycles. The molecule has 0 aliphatic rings. The summed E-state index contributed by atoms with van der Waals surface area (Å²) in [6, 6.07) is 26.8. The van der Waals surface area contributed by atoms with Crippen molar-refractivity contribution >= 4 is 5.69 Å². The first-order chi connectivity index (χ1) is 13.7. The summed E-state index contributed by atoms with van der Waals surface area (Å²) in [6.45, 7) is 5.50. The number of aryl methyl sites for hydroxylation is 1. The van der Waals surface area contributed by atoms with E-state index in [1.54, 1.807) is 0 Å². The van der Waals surface area contributed by atoms with Crippen LogP contribution in [0.15, 0.2) is 78.9 Å². The molecule has 0 aliphatic carbocycles. The van der Waals surface area contributed by atoms with E-state index >= 15 is 0 Å². The standard InChI is InChI=1S/C25H29NO2/c1-20(2)28-23-14-8-12-22(18-23)19-26-24-15-6-7-16-25(24)27-17-9-13-21-10-4-3-5-11-21/h3-8,10-12,14-16,18,20,26H,9,13,17,19H2,1-2H3. The molecule has 0 amide bonds. The summed E-state index contributed by atoms with van der Waals surface area (Å²) in [6.07, 6.45) is 2.19. The fourth-order valence-corrected chi connectivity index (χ4v) is 3.04. The Labute approximate surface area is 168 Å². The SMILES string of the molecule is CC(C)Oc1cccc(CNc2ccccc2OCCCc2ccccc2)c1. The number of hydrogen-bond donors (Lipinski definition) is 1. The highest BCUT2D eigenvalue weighted by atomic mass is 16.5. The average Bonchev–Trinajstić information content (AvgIpc) is 2.71. The Hall–Kier alpha value is -2.94. The van der Waals surface area contributed by atoms with Gasteiger partial charge >= 0.3 is 0 Å². The van der Waals surface area contributed by atoms with Crippen LogP contribution >= 0.6 is 0 Å². The molecule has 3 aromatic carbocycles. The van der Waals surface area contributed by atoms with Crippen LogP contribution in [0.4, 0.5) is 5.69 Å². The van der Waals surface area contributed by atoms with Gasteiger partial charge in [0.2, 0.25) is 0 Å². The van der Waals surface area contributed by atoms with Crippen LogP contribution in [0.5, 0.6) is 11.5 Å². The number of nitrogens with one attached hydrogen (secondary N) is 1. The molecule has 0 spiro atoms. The van der Waals surface area contributed by atoms with Crippen LogP contribution in [0.2, 0.25) is 0 Å². The van der Waals surface area contributed by atoms with E-state index in [0.717, 1.165) is 36.6 Å². The van der Waals surface area contributed by atoms with Gasteiger partial charge in [0.1, 0.15) is 11.5 Å². The summed E-state index contributed by atoms with van der Waals surface area (Å²) in [7, 11) is 0. The molecule has 3 rings (SSSR count). The van der Waals surface area contributed by atoms with Gasteiger partial charge in [-0.1, -0.05) is 54.6 Å². The van der Waals surface area contributed by atoms with Crippen molar-refractivity contribution in [3.05, 3.63) is 90.0 Å². The summed E-state index contributed by atoms with van der Waals surface area (Å²) in [5.74, 6) is 1.80. The predicted molar refractivity (Wildman–Crippen MR) is 116 cm³/mol. The molecule has 0 saturated carbocycles. The van der Waals surface area contributed by atoms with Crippen molar-refractivity contribution in [2.24, 2.45) is 0 Å². The van der Waals surface area contributed by atoms with Crippen molar-refractivity contribution in [2.45, 2.75) is 39.3 Å². The average molecular weight is 376 g/mol. The minimum Gasteiger partial charge on any atom is -0.491 e. The van der Waals surface area contributed by atoms with Crippen molar-refractivity contribution in [2.75, 3.05) is 11.9 Å². The highest BCUT2D eigenvalue weighted by molar-refractivity contribution is 5.56. The Bertz CT molecular complexity index is 846. The first-order valence-electron chi connectivity index (χ1n) is 9.96. The van der Waals surface area contributed by atoms with Crippen LogP contribution in [-0.4, -0.2) is 12.7 Å². The lowest BCUT2D eigenvalue weighted by molar-refractivity contribution is 0.242. The van der Waals surface area contributed by atoms with Gasteiger partial charge in [-0.25, -0.2) is 0 Å². The molecule has 0 fully saturated rings. The number of hydrogen-bond acceptors (Lipinski definition) is 3. The van der Waals surface area contributed by atoms with Crippen LogP contribution < -0.4 is 14.8 Å². The molecule has 28 heavy (non-hydrogen) atoms. The Balaban J connectivity index is 1.52. The third-order valence-electron chi connectivity index (χ3n) is 4.35. The molecule has 0 unspecified atom stereocenters. The highest BCUT2D eigenvalue weighted by Crippen LogP contribution is 2.25. The molecular weight excluding hydrogens is 346 g/mol. The van der Waals surface area contributed by atoms with E-state index in [0.29, 0.717) is 6.61 Å². The molecule has 3 aromatic rings. The largest absolute Gasteiger partial charge is 0.491 e. The van der Waals surface area contributed by atoms with E-state index in [1.165, 1.54) is 11.1 Å². The van der Waals surface area contributed by atoms with Gasteiger partial charge in [-0.2, -0.15) is 0 Å². The molecule has 0 saturated heterocycles. The maximum atomic E-state index is 6.04. The maximum absolute atomic E-state index is 6.04. The normalized spacial score (nSPS) is 10.7. The van der Waals surface area contributed by atoms with Gasteiger partial charge in [-0.15, -0.1) is 0 Å². The van der Waals surface area contributed by atoms with Crippen molar-refractivity contribution in [1.29, 1.82) is 0 Å². The predicted octanol–water partition coefficient (Wildman–Crippen LogP) is 6.10. The first kappa shape index (κ1) is 19.8. The van der Waals surface area contributed by atoms with E-state index < -0.39 is 0 Å². The lowest BCUT2D eigenvalue weighted by Crippen LogP contribution is -2.07. The minimum absolute atomic E-state index is 0.174. The van der Waals surface area contributed by atoms with Gasteiger partial charge < -0.3 is 14.8 Å². The Kier molecular flexibility index (Phi) is 7.36. The first-order valence-corrected chi connectivity index (χ1v) is 9.96. The summed E-state index contributed by atoms with van der Waals surface area (Å²) >= 11 is 0. The molecule has 1 N–H and O–H groups in total. The molecular formula is C25H29NO2. The van der Waals surface area contributed by atoms with Gasteiger partial charge in [0, 0.05) is 6.54 Å². The number of anilines is 1. The minimum atomic E-state index is 0.174. The number of benzene rings is 3. The van der Waals surface area contributed by atoms with Crippen LogP contribution in [-0.2, 0) is 13.0 Å². The molecule has 0 bridgehead atoms. The molecule has 0 heterocycles. The molecule has 146 valence electrons. The van der Waals surface area contributed by atoms with Gasteiger partial charge in [0.25, 0.3) is 0 Å². The maximum Gasteiger partial charge on any atom is 0.142 e. The molecule has 3 heteroatoms. The Morgan fingerprint density at radius 2 is 1.57 bits per heavy atom. The zero-order valence-electron chi connectivity index (χ0n) is 16.7. The highest BCUT2D eigenvalue weighted by Gasteiger charge is 2.04. The Morgan fingerprint density at radius 3 is 2.39 bits per heavy atom. The van der Waals surface area contributed by atoms with Gasteiger partial charge in [-0.3, -0.25) is 0 Å². The summed E-state index contributed by atoms with van der Waals surface area (Å²) < 4.78 is 11.8. The van der Waals surface area contributed by atoms with Gasteiger partial charge in [0.05, 0.1) is 18.4 Å². The second-order valence-electron chi connectivity index (χ2n) is 7.10. The second-order valence-corrected chi connectivity index (χ2v) is 7.10. The summed E-state index contributed by atoms with van der Waals surface area (Å²) in [5, 5.41) is 3.49. The summed E-state index contributed by atoms with van der Waals surface area (Å²) in [5.41, 5.74) is 3.54. The van der Waals surface area contributed by atoms with Crippen LogP contribution in [0.1, 0.15) is 31.4 Å². The fourth-order valence-electron chi connectivity index (χ4n) is 3.04. The van der Waals surface area contributed by atoms with Gasteiger partial charge in [-0.05, 0) is 62.1 Å². The van der Waals surface area contributed by atoms with Crippen molar-refractivity contribution in [3.8, 4) is 11.5 Å². The van der Waals surface area contributed by atoms with Crippen molar-refractivity contribution in [3.63, 3.8) is 0 Å². The van der Waals surface area contributed by atoms with Crippen LogP contribution in [0.25, 0.3) is 0 Å². The van der Waals surface area contributed by atoms with E-state index in [4.69, 9.17) is 9.47 Å². The number of para-hydroxylation sites is 2. The lowest BCUT2D eigenvalue weighted by Gasteiger charge is -2.14. The van der Waals surface area contributed by atoms with E-state index in [-0.39, 0.29) is 6.10 Å². The summed E-state index contributed by atoms with van der Waals surface area (Å²) in [4.78, 5) is 0. The topological polar surface area (TPSA) is 30.5 Å². The fraction of sp³-hybridized carbons (Fsp3) is 0.280. The van der Waals surface area contributed by atoms with Crippen LogP contribution in [0.3, 0.4) is 0 Å².